The Bertz CT molecular complexity index is 533. The Kier molecular flexibility index (Phi) is 2.84. The zero-order valence-electron chi connectivity index (χ0n) is 9.03. The Morgan fingerprint density at radius 3 is 2.53 bits per heavy atom. The van der Waals surface area contributed by atoms with Crippen molar-refractivity contribution in [2.45, 2.75) is 13.0 Å². The largest absolute Gasteiger partial charge is 0.337 e. The summed E-state index contributed by atoms with van der Waals surface area (Å²) in [4.78, 5) is 14.1. The average Bonchev–Trinajstić information content (AvgIpc) is 2.78. The predicted octanol–water partition coefficient (Wildman–Crippen LogP) is 1.66. The van der Waals surface area contributed by atoms with Crippen molar-refractivity contribution in [2.24, 2.45) is 5.73 Å². The summed E-state index contributed by atoms with van der Waals surface area (Å²) in [5.74, 6) is 0.700. The second-order valence-electron chi connectivity index (χ2n) is 3.55. The van der Waals surface area contributed by atoms with Crippen molar-refractivity contribution in [3.05, 3.63) is 40.3 Å². The Labute approximate surface area is 96.4 Å². The van der Waals surface area contributed by atoms with E-state index in [4.69, 9.17) is 10.3 Å². The van der Waals surface area contributed by atoms with Gasteiger partial charge in [-0.15, -0.1) is 0 Å². The molecule has 88 valence electrons. The summed E-state index contributed by atoms with van der Waals surface area (Å²) in [7, 11) is 0. The van der Waals surface area contributed by atoms with E-state index in [1.165, 1.54) is 12.1 Å². The van der Waals surface area contributed by atoms with Crippen molar-refractivity contribution in [1.82, 2.24) is 10.1 Å². The highest BCUT2D eigenvalue weighted by Crippen LogP contribution is 2.20. The summed E-state index contributed by atoms with van der Waals surface area (Å²) in [6.07, 6.45) is 0. The van der Waals surface area contributed by atoms with Crippen molar-refractivity contribution in [1.29, 1.82) is 0 Å². The highest BCUT2D eigenvalue weighted by Gasteiger charge is 2.12. The molecule has 0 fully saturated rings. The second-order valence-corrected chi connectivity index (χ2v) is 3.55. The molecule has 0 aliphatic carbocycles. The molecule has 0 spiro atoms. The number of hydrogen-bond donors (Lipinski definition) is 1. The molecule has 1 aromatic heterocycles. The van der Waals surface area contributed by atoms with Crippen LogP contribution in [0.5, 0.6) is 0 Å². The highest BCUT2D eigenvalue weighted by molar-refractivity contribution is 5.56. The van der Waals surface area contributed by atoms with Crippen LogP contribution in [0.4, 0.5) is 5.69 Å². The van der Waals surface area contributed by atoms with Gasteiger partial charge in [0.25, 0.3) is 5.69 Å². The number of nitro groups is 1. The van der Waals surface area contributed by atoms with E-state index in [0.717, 1.165) is 0 Å². The molecule has 2 aromatic rings. The third kappa shape index (κ3) is 2.28. The third-order valence-electron chi connectivity index (χ3n) is 2.17. The molecule has 0 bridgehead atoms. The fourth-order valence-electron chi connectivity index (χ4n) is 1.27. The zero-order chi connectivity index (χ0) is 12.4. The van der Waals surface area contributed by atoms with Crippen LogP contribution < -0.4 is 5.73 Å². The van der Waals surface area contributed by atoms with E-state index < -0.39 is 4.92 Å². The van der Waals surface area contributed by atoms with Crippen LogP contribution in [0.25, 0.3) is 11.4 Å². The summed E-state index contributed by atoms with van der Waals surface area (Å²) in [6, 6.07) is 5.56. The SMILES string of the molecule is C[C@H](N)c1nc(-c2ccc([N+](=O)[O-])cc2)no1. The van der Waals surface area contributed by atoms with Gasteiger partial charge in [0.05, 0.1) is 11.0 Å². The maximum absolute atomic E-state index is 10.5. The van der Waals surface area contributed by atoms with Crippen LogP contribution in [0.2, 0.25) is 0 Å². The standard InChI is InChI=1S/C10H10N4O3/c1-6(11)10-12-9(13-17-10)7-2-4-8(5-3-7)14(15)16/h2-6H,11H2,1H3/t6-/m0/s1. The molecule has 0 aliphatic rings. The molecule has 2 rings (SSSR count). The lowest BCUT2D eigenvalue weighted by molar-refractivity contribution is -0.384. The first-order valence-electron chi connectivity index (χ1n) is 4.92. The van der Waals surface area contributed by atoms with Gasteiger partial charge in [0.2, 0.25) is 11.7 Å². The fourth-order valence-corrected chi connectivity index (χ4v) is 1.27. The van der Waals surface area contributed by atoms with E-state index >= 15 is 0 Å². The number of nitrogens with two attached hydrogens (primary N) is 1. The molecule has 0 saturated heterocycles. The smallest absolute Gasteiger partial charge is 0.269 e. The van der Waals surface area contributed by atoms with E-state index in [0.29, 0.717) is 17.3 Å². The summed E-state index contributed by atoms with van der Waals surface area (Å²) in [5, 5.41) is 14.2. The monoisotopic (exact) mass is 234 g/mol. The lowest BCUT2D eigenvalue weighted by Gasteiger charge is -1.94. The number of non-ortho nitro benzene ring substituents is 1. The molecule has 0 amide bonds. The Hall–Kier alpha value is -2.28. The second kappa shape index (κ2) is 4.30. The maximum Gasteiger partial charge on any atom is 0.269 e. The lowest BCUT2D eigenvalue weighted by atomic mass is 10.2. The molecule has 7 heteroatoms. The molecule has 0 aliphatic heterocycles. The van der Waals surface area contributed by atoms with Gasteiger partial charge >= 0.3 is 0 Å². The van der Waals surface area contributed by atoms with Crippen molar-refractivity contribution in [2.75, 3.05) is 0 Å². The van der Waals surface area contributed by atoms with Crippen molar-refractivity contribution in [3.8, 4) is 11.4 Å². The Balaban J connectivity index is 2.30. The minimum Gasteiger partial charge on any atom is -0.337 e. The number of aromatic nitrogens is 2. The lowest BCUT2D eigenvalue weighted by Crippen LogP contribution is -2.04. The molecule has 1 atom stereocenters. The van der Waals surface area contributed by atoms with Crippen LogP contribution in [-0.2, 0) is 0 Å². The molecule has 1 aromatic carbocycles. The number of nitro benzene ring substituents is 1. The molecule has 0 saturated carbocycles. The molecule has 2 N–H and O–H groups in total. The number of nitrogens with zero attached hydrogens (tertiary/aromatic N) is 3. The molecular weight excluding hydrogens is 224 g/mol. The molecule has 1 heterocycles. The van der Waals surface area contributed by atoms with Crippen molar-refractivity contribution >= 4 is 5.69 Å². The van der Waals surface area contributed by atoms with Crippen molar-refractivity contribution < 1.29 is 9.45 Å². The van der Waals surface area contributed by atoms with E-state index in [9.17, 15) is 10.1 Å². The number of benzene rings is 1. The van der Waals surface area contributed by atoms with Gasteiger partial charge in [-0.3, -0.25) is 10.1 Å². The molecule has 7 nitrogen and oxygen atoms in total. The molecule has 0 radical (unpaired) electrons. The molecular formula is C10H10N4O3. The maximum atomic E-state index is 10.5. The fraction of sp³-hybridized carbons (Fsp3) is 0.200. The van der Waals surface area contributed by atoms with Crippen LogP contribution in [0.3, 0.4) is 0 Å². The van der Waals surface area contributed by atoms with Gasteiger partial charge in [-0.2, -0.15) is 4.98 Å². The van der Waals surface area contributed by atoms with Crippen LogP contribution in [0.1, 0.15) is 18.9 Å². The predicted molar refractivity (Wildman–Crippen MR) is 59.0 cm³/mol. The topological polar surface area (TPSA) is 108 Å². The first-order valence-corrected chi connectivity index (χ1v) is 4.92. The van der Waals surface area contributed by atoms with Gasteiger partial charge in [-0.1, -0.05) is 5.16 Å². The minimum atomic E-state index is -0.465. The first-order chi connectivity index (χ1) is 8.08. The number of rotatable bonds is 3. The molecule has 17 heavy (non-hydrogen) atoms. The van der Waals surface area contributed by atoms with Gasteiger partial charge < -0.3 is 10.3 Å². The van der Waals surface area contributed by atoms with Crippen molar-refractivity contribution in [3.63, 3.8) is 0 Å². The van der Waals surface area contributed by atoms with Crippen LogP contribution >= 0.6 is 0 Å². The zero-order valence-corrected chi connectivity index (χ0v) is 9.03. The van der Waals surface area contributed by atoms with Crippen LogP contribution in [0.15, 0.2) is 28.8 Å². The van der Waals surface area contributed by atoms with Gasteiger partial charge in [-0.25, -0.2) is 0 Å². The summed E-state index contributed by atoms with van der Waals surface area (Å²) in [6.45, 7) is 1.73. The van der Waals surface area contributed by atoms with E-state index in [1.54, 1.807) is 19.1 Å². The molecule has 0 unspecified atom stereocenters. The highest BCUT2D eigenvalue weighted by atomic mass is 16.6. The third-order valence-corrected chi connectivity index (χ3v) is 2.17. The van der Waals surface area contributed by atoms with E-state index in [-0.39, 0.29) is 11.7 Å². The summed E-state index contributed by atoms with van der Waals surface area (Å²) in [5.41, 5.74) is 6.25. The van der Waals surface area contributed by atoms with Gasteiger partial charge in [-0.05, 0) is 19.1 Å². The van der Waals surface area contributed by atoms with E-state index in [2.05, 4.69) is 10.1 Å². The van der Waals surface area contributed by atoms with E-state index in [1.807, 2.05) is 0 Å². The summed E-state index contributed by atoms with van der Waals surface area (Å²) >= 11 is 0. The van der Waals surface area contributed by atoms with Gasteiger partial charge in [0.1, 0.15) is 0 Å². The van der Waals surface area contributed by atoms with Gasteiger partial charge in [0, 0.05) is 17.7 Å². The quantitative estimate of drug-likeness (QED) is 0.639. The first kappa shape index (κ1) is 11.2. The Morgan fingerprint density at radius 1 is 1.41 bits per heavy atom. The van der Waals surface area contributed by atoms with Crippen LogP contribution in [0, 0.1) is 10.1 Å². The van der Waals surface area contributed by atoms with Crippen LogP contribution in [-0.4, -0.2) is 15.1 Å². The minimum absolute atomic E-state index is 0.0182. The number of hydrogen-bond acceptors (Lipinski definition) is 6. The normalized spacial score (nSPS) is 12.4. The van der Waals surface area contributed by atoms with Gasteiger partial charge in [0.15, 0.2) is 0 Å². The Morgan fingerprint density at radius 2 is 2.06 bits per heavy atom. The average molecular weight is 234 g/mol. The summed E-state index contributed by atoms with van der Waals surface area (Å²) < 4.78 is 4.94.